The molecule has 1 saturated heterocycles. The summed E-state index contributed by atoms with van der Waals surface area (Å²) in [6, 6.07) is 10.3. The van der Waals surface area contributed by atoms with Crippen molar-refractivity contribution in [2.75, 3.05) is 32.9 Å². The van der Waals surface area contributed by atoms with Crippen molar-refractivity contribution in [3.05, 3.63) is 35.9 Å². The number of benzene rings is 1. The topological polar surface area (TPSA) is 61.8 Å². The van der Waals surface area contributed by atoms with Gasteiger partial charge in [-0.2, -0.15) is 0 Å². The molecule has 5 nitrogen and oxygen atoms in total. The molecule has 0 saturated carbocycles. The third-order valence-corrected chi connectivity index (χ3v) is 4.35. The molecule has 128 valence electrons. The first-order chi connectivity index (χ1) is 11.2. The molecule has 1 aromatic carbocycles. The molecule has 0 bridgehead atoms. The third kappa shape index (κ3) is 5.94. The maximum Gasteiger partial charge on any atom is 0.222 e. The van der Waals surface area contributed by atoms with Crippen molar-refractivity contribution in [3.8, 4) is 0 Å². The van der Waals surface area contributed by atoms with Gasteiger partial charge in [0.05, 0.1) is 6.61 Å². The summed E-state index contributed by atoms with van der Waals surface area (Å²) in [4.78, 5) is 14.4. The number of aliphatic hydroxyl groups is 1. The van der Waals surface area contributed by atoms with E-state index >= 15 is 0 Å². The van der Waals surface area contributed by atoms with E-state index < -0.39 is 0 Å². The first-order valence-corrected chi connectivity index (χ1v) is 8.47. The SMILES string of the molecule is CCOCCC(=O)NC1CN(Cc2ccccc2)CCC1CO. The summed E-state index contributed by atoms with van der Waals surface area (Å²) in [6.07, 6.45) is 1.28. The lowest BCUT2D eigenvalue weighted by molar-refractivity contribution is -0.123. The molecule has 0 radical (unpaired) electrons. The van der Waals surface area contributed by atoms with E-state index in [9.17, 15) is 9.90 Å². The summed E-state index contributed by atoms with van der Waals surface area (Å²) in [5.41, 5.74) is 1.27. The Bertz CT molecular complexity index is 467. The number of hydrogen-bond acceptors (Lipinski definition) is 4. The van der Waals surface area contributed by atoms with Crippen molar-refractivity contribution in [2.24, 2.45) is 5.92 Å². The molecule has 2 N–H and O–H groups in total. The van der Waals surface area contributed by atoms with E-state index in [1.807, 2.05) is 25.1 Å². The average molecular weight is 320 g/mol. The summed E-state index contributed by atoms with van der Waals surface area (Å²) in [7, 11) is 0. The van der Waals surface area contributed by atoms with Gasteiger partial charge in [0, 0.05) is 44.7 Å². The molecule has 0 aliphatic carbocycles. The molecule has 5 heteroatoms. The maximum absolute atomic E-state index is 12.0. The van der Waals surface area contributed by atoms with Crippen molar-refractivity contribution in [3.63, 3.8) is 0 Å². The monoisotopic (exact) mass is 320 g/mol. The van der Waals surface area contributed by atoms with Gasteiger partial charge in [-0.25, -0.2) is 0 Å². The second kappa shape index (κ2) is 9.65. The first kappa shape index (κ1) is 17.9. The summed E-state index contributed by atoms with van der Waals surface area (Å²) in [5, 5.41) is 12.6. The molecule has 1 amide bonds. The van der Waals surface area contributed by atoms with Crippen molar-refractivity contribution in [1.29, 1.82) is 0 Å². The summed E-state index contributed by atoms with van der Waals surface area (Å²) < 4.78 is 5.23. The van der Waals surface area contributed by atoms with Crippen molar-refractivity contribution in [2.45, 2.75) is 32.4 Å². The van der Waals surface area contributed by atoms with Crippen LogP contribution in [0.2, 0.25) is 0 Å². The Morgan fingerprint density at radius 1 is 1.39 bits per heavy atom. The number of rotatable bonds is 8. The number of ether oxygens (including phenoxy) is 1. The van der Waals surface area contributed by atoms with Crippen molar-refractivity contribution < 1.29 is 14.6 Å². The van der Waals surface area contributed by atoms with Crippen LogP contribution in [-0.2, 0) is 16.1 Å². The fourth-order valence-electron chi connectivity index (χ4n) is 3.02. The Hall–Kier alpha value is -1.43. The highest BCUT2D eigenvalue weighted by atomic mass is 16.5. The fourth-order valence-corrected chi connectivity index (χ4v) is 3.02. The predicted molar refractivity (Wildman–Crippen MR) is 90.0 cm³/mol. The molecule has 1 fully saturated rings. The van der Waals surface area contributed by atoms with Gasteiger partial charge in [-0.05, 0) is 25.5 Å². The van der Waals surface area contributed by atoms with Crippen LogP contribution in [0.4, 0.5) is 0 Å². The van der Waals surface area contributed by atoms with Crippen LogP contribution >= 0.6 is 0 Å². The molecule has 2 atom stereocenters. The van der Waals surface area contributed by atoms with E-state index in [0.717, 1.165) is 26.1 Å². The van der Waals surface area contributed by atoms with Gasteiger partial charge in [0.15, 0.2) is 0 Å². The Kier molecular flexibility index (Phi) is 7.52. The van der Waals surface area contributed by atoms with Gasteiger partial charge in [-0.1, -0.05) is 30.3 Å². The summed E-state index contributed by atoms with van der Waals surface area (Å²) >= 11 is 0. The third-order valence-electron chi connectivity index (χ3n) is 4.35. The van der Waals surface area contributed by atoms with Crippen LogP contribution in [0.3, 0.4) is 0 Å². The lowest BCUT2D eigenvalue weighted by atomic mass is 9.92. The molecular formula is C18H28N2O3. The highest BCUT2D eigenvalue weighted by molar-refractivity contribution is 5.76. The molecule has 2 rings (SSSR count). The van der Waals surface area contributed by atoms with Gasteiger partial charge in [-0.3, -0.25) is 9.69 Å². The lowest BCUT2D eigenvalue weighted by Crippen LogP contribution is -2.53. The molecular weight excluding hydrogens is 292 g/mol. The van der Waals surface area contributed by atoms with Crippen LogP contribution in [0.15, 0.2) is 30.3 Å². The van der Waals surface area contributed by atoms with E-state index in [0.29, 0.717) is 19.6 Å². The Balaban J connectivity index is 1.86. The Morgan fingerprint density at radius 2 is 2.17 bits per heavy atom. The normalized spacial score (nSPS) is 22.0. The quantitative estimate of drug-likeness (QED) is 0.711. The summed E-state index contributed by atoms with van der Waals surface area (Å²) in [5.74, 6) is 0.140. The zero-order valence-electron chi connectivity index (χ0n) is 13.9. The van der Waals surface area contributed by atoms with E-state index in [1.54, 1.807) is 0 Å². The fraction of sp³-hybridized carbons (Fsp3) is 0.611. The van der Waals surface area contributed by atoms with Gasteiger partial charge < -0.3 is 15.2 Å². The molecule has 1 aromatic rings. The average Bonchev–Trinajstić information content (AvgIpc) is 2.56. The largest absolute Gasteiger partial charge is 0.396 e. The van der Waals surface area contributed by atoms with E-state index in [-0.39, 0.29) is 24.5 Å². The standard InChI is InChI=1S/C18H28N2O3/c1-2-23-11-9-18(22)19-17-13-20(10-8-16(17)14-21)12-15-6-4-3-5-7-15/h3-7,16-17,21H,2,8-14H2,1H3,(H,19,22). The number of nitrogens with zero attached hydrogens (tertiary/aromatic N) is 1. The highest BCUT2D eigenvalue weighted by Crippen LogP contribution is 2.19. The smallest absolute Gasteiger partial charge is 0.222 e. The number of likely N-dealkylation sites (tertiary alicyclic amines) is 1. The second-order valence-corrected chi connectivity index (χ2v) is 6.07. The van der Waals surface area contributed by atoms with Crippen LogP contribution in [0.25, 0.3) is 0 Å². The zero-order chi connectivity index (χ0) is 16.5. The van der Waals surface area contributed by atoms with Gasteiger partial charge in [0.25, 0.3) is 0 Å². The molecule has 2 unspecified atom stereocenters. The van der Waals surface area contributed by atoms with Gasteiger partial charge in [-0.15, -0.1) is 0 Å². The number of carbonyl (C=O) groups is 1. The Labute approximate surface area is 138 Å². The van der Waals surface area contributed by atoms with E-state index in [2.05, 4.69) is 22.3 Å². The van der Waals surface area contributed by atoms with Crippen LogP contribution in [-0.4, -0.2) is 54.9 Å². The number of aliphatic hydroxyl groups excluding tert-OH is 1. The number of amides is 1. The van der Waals surface area contributed by atoms with Gasteiger partial charge >= 0.3 is 0 Å². The number of carbonyl (C=O) groups excluding carboxylic acids is 1. The minimum atomic E-state index is 0.00320. The molecule has 0 spiro atoms. The zero-order valence-corrected chi connectivity index (χ0v) is 13.9. The van der Waals surface area contributed by atoms with Gasteiger partial charge in [0.1, 0.15) is 0 Å². The van der Waals surface area contributed by atoms with Crippen molar-refractivity contribution in [1.82, 2.24) is 10.2 Å². The maximum atomic E-state index is 12.0. The minimum Gasteiger partial charge on any atom is -0.396 e. The van der Waals surface area contributed by atoms with Gasteiger partial charge in [0.2, 0.25) is 5.91 Å². The molecule has 0 aromatic heterocycles. The highest BCUT2D eigenvalue weighted by Gasteiger charge is 2.29. The molecule has 1 heterocycles. The van der Waals surface area contributed by atoms with Crippen LogP contribution in [0.1, 0.15) is 25.3 Å². The van der Waals surface area contributed by atoms with Crippen LogP contribution < -0.4 is 5.32 Å². The number of nitrogens with one attached hydrogen (secondary N) is 1. The van der Waals surface area contributed by atoms with E-state index in [4.69, 9.17) is 4.74 Å². The molecule has 23 heavy (non-hydrogen) atoms. The lowest BCUT2D eigenvalue weighted by Gasteiger charge is -2.38. The summed E-state index contributed by atoms with van der Waals surface area (Å²) in [6.45, 7) is 5.72. The van der Waals surface area contributed by atoms with Crippen LogP contribution in [0.5, 0.6) is 0 Å². The molecule has 1 aliphatic heterocycles. The first-order valence-electron chi connectivity index (χ1n) is 8.47. The Morgan fingerprint density at radius 3 is 2.87 bits per heavy atom. The molecule has 1 aliphatic rings. The number of hydrogen-bond donors (Lipinski definition) is 2. The van der Waals surface area contributed by atoms with Crippen molar-refractivity contribution >= 4 is 5.91 Å². The van der Waals surface area contributed by atoms with Crippen LogP contribution in [0, 0.1) is 5.92 Å². The minimum absolute atomic E-state index is 0.00320. The van der Waals surface area contributed by atoms with E-state index in [1.165, 1.54) is 5.56 Å². The second-order valence-electron chi connectivity index (χ2n) is 6.07. The predicted octanol–water partition coefficient (Wildman–Crippen LogP) is 1.41. The number of piperidine rings is 1.